The van der Waals surface area contributed by atoms with Crippen molar-refractivity contribution in [1.29, 1.82) is 0 Å². The van der Waals surface area contributed by atoms with E-state index in [-0.39, 0.29) is 6.04 Å². The van der Waals surface area contributed by atoms with Gasteiger partial charge < -0.3 is 9.26 Å². The van der Waals surface area contributed by atoms with Gasteiger partial charge in [-0.3, -0.25) is 0 Å². The molecular weight excluding hydrogens is 349 g/mol. The van der Waals surface area contributed by atoms with Crippen molar-refractivity contribution in [3.63, 3.8) is 0 Å². The summed E-state index contributed by atoms with van der Waals surface area (Å²) in [5, 5.41) is 9.25. The second-order valence-electron chi connectivity index (χ2n) is 6.55. The lowest BCUT2D eigenvalue weighted by molar-refractivity contribution is 0.372. The van der Waals surface area contributed by atoms with Gasteiger partial charge in [-0.25, -0.2) is 9.67 Å². The summed E-state index contributed by atoms with van der Waals surface area (Å²) in [5.41, 5.74) is 1.01. The third kappa shape index (κ3) is 2.92. The lowest BCUT2D eigenvalue weighted by Crippen LogP contribution is -2.08. The Labute approximate surface area is 153 Å². The van der Waals surface area contributed by atoms with Crippen LogP contribution in [0.4, 0.5) is 4.39 Å². The Morgan fingerprint density at radius 1 is 1.15 bits per heavy atom. The fourth-order valence-electron chi connectivity index (χ4n) is 3.52. The first-order chi connectivity index (χ1) is 13.3. The minimum atomic E-state index is -0.765. The highest BCUT2D eigenvalue weighted by molar-refractivity contribution is 5.89. The maximum Gasteiger partial charge on any atom is 0.310 e. The number of hydrogen-bond donors (Lipinski definition) is 0. The van der Waals surface area contributed by atoms with Gasteiger partial charge in [0.25, 0.3) is 5.88 Å². The largest absolute Gasteiger partial charge is 0.436 e. The predicted octanol–water partition coefficient (Wildman–Crippen LogP) is 4.53. The molecule has 8 heteroatoms. The van der Waals surface area contributed by atoms with Crippen LogP contribution in [-0.2, 0) is 0 Å². The van der Waals surface area contributed by atoms with Crippen molar-refractivity contribution in [3.05, 3.63) is 48.7 Å². The average Bonchev–Trinajstić information content (AvgIpc) is 3.41. The molecule has 0 bridgehead atoms. The van der Waals surface area contributed by atoms with Gasteiger partial charge in [0.15, 0.2) is 11.4 Å². The summed E-state index contributed by atoms with van der Waals surface area (Å²) in [6.07, 6.45) is 4.93. The molecule has 0 spiro atoms. The molecule has 27 heavy (non-hydrogen) atoms. The number of hydrogen-bond acceptors (Lipinski definition) is 6. The molecule has 0 atom stereocenters. The zero-order valence-corrected chi connectivity index (χ0v) is 14.4. The van der Waals surface area contributed by atoms with Gasteiger partial charge >= 0.3 is 6.08 Å². The van der Waals surface area contributed by atoms with Crippen LogP contribution < -0.4 is 4.74 Å². The van der Waals surface area contributed by atoms with Crippen LogP contribution in [0.25, 0.3) is 22.5 Å². The van der Waals surface area contributed by atoms with Gasteiger partial charge in [0.05, 0.1) is 17.5 Å². The molecule has 0 saturated heterocycles. The summed E-state index contributed by atoms with van der Waals surface area (Å²) in [7, 11) is 0. The van der Waals surface area contributed by atoms with Crippen molar-refractivity contribution in [2.75, 3.05) is 0 Å². The Morgan fingerprint density at radius 3 is 2.78 bits per heavy atom. The molecule has 0 N–H and O–H groups in total. The number of para-hydroxylation sites is 1. The summed E-state index contributed by atoms with van der Waals surface area (Å²) in [6.45, 7) is 0. The topological polar surface area (TPSA) is 78.9 Å². The molecular formula is C19H16FN5O2. The highest BCUT2D eigenvalue weighted by Crippen LogP contribution is 2.35. The van der Waals surface area contributed by atoms with Crippen molar-refractivity contribution in [2.45, 2.75) is 31.7 Å². The van der Waals surface area contributed by atoms with E-state index < -0.39 is 6.08 Å². The van der Waals surface area contributed by atoms with Crippen LogP contribution in [0.1, 0.15) is 31.7 Å². The fraction of sp³-hybridized carbons (Fsp3) is 0.263. The van der Waals surface area contributed by atoms with Crippen LogP contribution in [0.3, 0.4) is 0 Å². The summed E-state index contributed by atoms with van der Waals surface area (Å²) >= 11 is 0. The normalized spacial score (nSPS) is 14.9. The SMILES string of the molecule is Fc1ncc2c(-c3cc(Oc4ccccc4)no3)nn(C3CCCC3)c2n1. The molecule has 0 amide bonds. The second kappa shape index (κ2) is 6.46. The summed E-state index contributed by atoms with van der Waals surface area (Å²) < 4.78 is 26.6. The van der Waals surface area contributed by atoms with Gasteiger partial charge in [-0.2, -0.15) is 14.5 Å². The second-order valence-corrected chi connectivity index (χ2v) is 6.55. The molecule has 1 aliphatic rings. The Hall–Kier alpha value is -3.29. The molecule has 0 radical (unpaired) electrons. The molecule has 4 aromatic rings. The first kappa shape index (κ1) is 15.9. The Kier molecular flexibility index (Phi) is 3.81. The Bertz CT molecular complexity index is 1090. The van der Waals surface area contributed by atoms with E-state index in [9.17, 15) is 4.39 Å². The van der Waals surface area contributed by atoms with Crippen LogP contribution in [0.15, 0.2) is 47.1 Å². The van der Waals surface area contributed by atoms with E-state index in [0.29, 0.717) is 34.1 Å². The van der Waals surface area contributed by atoms with Crippen molar-refractivity contribution in [3.8, 4) is 23.1 Å². The number of benzene rings is 1. The van der Waals surface area contributed by atoms with E-state index in [2.05, 4.69) is 20.2 Å². The highest BCUT2D eigenvalue weighted by atomic mass is 19.1. The molecule has 1 fully saturated rings. The fourth-order valence-corrected chi connectivity index (χ4v) is 3.52. The maximum absolute atomic E-state index is 13.6. The molecule has 1 aromatic carbocycles. The standard InChI is InChI=1S/C19H16FN5O2/c20-19-21-11-14-17(23-25(18(14)22-19)12-6-4-5-7-12)15-10-16(24-27-15)26-13-8-2-1-3-9-13/h1-3,8-12H,4-7H2. The smallest absolute Gasteiger partial charge is 0.310 e. The van der Waals surface area contributed by atoms with E-state index in [1.165, 1.54) is 6.20 Å². The summed E-state index contributed by atoms with van der Waals surface area (Å²) in [5.74, 6) is 1.41. The molecule has 3 aromatic heterocycles. The van der Waals surface area contributed by atoms with Gasteiger partial charge in [-0.15, -0.1) is 0 Å². The van der Waals surface area contributed by atoms with E-state index >= 15 is 0 Å². The van der Waals surface area contributed by atoms with Gasteiger partial charge in [0.2, 0.25) is 0 Å². The van der Waals surface area contributed by atoms with Gasteiger partial charge in [0.1, 0.15) is 11.4 Å². The van der Waals surface area contributed by atoms with Crippen molar-refractivity contribution in [1.82, 2.24) is 24.9 Å². The number of fused-ring (bicyclic) bond motifs is 1. The number of nitrogens with zero attached hydrogens (tertiary/aromatic N) is 5. The molecule has 3 heterocycles. The first-order valence-corrected chi connectivity index (χ1v) is 8.89. The van der Waals surface area contributed by atoms with E-state index in [1.54, 1.807) is 10.7 Å². The quantitative estimate of drug-likeness (QED) is 0.495. The zero-order chi connectivity index (χ0) is 18.2. The third-order valence-corrected chi connectivity index (χ3v) is 4.78. The zero-order valence-electron chi connectivity index (χ0n) is 14.4. The molecule has 1 aliphatic carbocycles. The van der Waals surface area contributed by atoms with Crippen LogP contribution in [0.2, 0.25) is 0 Å². The maximum atomic E-state index is 13.6. The first-order valence-electron chi connectivity index (χ1n) is 8.89. The number of aromatic nitrogens is 5. The number of ether oxygens (including phenoxy) is 1. The van der Waals surface area contributed by atoms with Gasteiger partial charge in [-0.05, 0) is 30.1 Å². The lowest BCUT2D eigenvalue weighted by atomic mass is 10.2. The van der Waals surface area contributed by atoms with Gasteiger partial charge in [-0.1, -0.05) is 31.0 Å². The minimum absolute atomic E-state index is 0.207. The number of halogens is 1. The number of rotatable bonds is 4. The van der Waals surface area contributed by atoms with Crippen LogP contribution in [0, 0.1) is 6.08 Å². The lowest BCUT2D eigenvalue weighted by Gasteiger charge is -2.09. The average molecular weight is 365 g/mol. The Balaban J connectivity index is 1.55. The Morgan fingerprint density at radius 2 is 1.96 bits per heavy atom. The monoisotopic (exact) mass is 365 g/mol. The van der Waals surface area contributed by atoms with Crippen LogP contribution >= 0.6 is 0 Å². The van der Waals surface area contributed by atoms with Crippen molar-refractivity contribution < 1.29 is 13.7 Å². The summed E-state index contributed by atoms with van der Waals surface area (Å²) in [6, 6.07) is 11.2. The van der Waals surface area contributed by atoms with Crippen LogP contribution in [-0.4, -0.2) is 24.9 Å². The molecule has 5 rings (SSSR count). The molecule has 7 nitrogen and oxygen atoms in total. The molecule has 1 saturated carbocycles. The van der Waals surface area contributed by atoms with E-state index in [1.807, 2.05) is 30.3 Å². The van der Waals surface area contributed by atoms with Gasteiger partial charge in [0, 0.05) is 6.20 Å². The molecule has 136 valence electrons. The van der Waals surface area contributed by atoms with Crippen LogP contribution in [0.5, 0.6) is 11.6 Å². The highest BCUT2D eigenvalue weighted by Gasteiger charge is 2.25. The molecule has 0 aliphatic heterocycles. The van der Waals surface area contributed by atoms with Crippen molar-refractivity contribution in [2.24, 2.45) is 0 Å². The summed E-state index contributed by atoms with van der Waals surface area (Å²) in [4.78, 5) is 7.65. The van der Waals surface area contributed by atoms with E-state index in [0.717, 1.165) is 25.7 Å². The minimum Gasteiger partial charge on any atom is -0.436 e. The predicted molar refractivity (Wildman–Crippen MR) is 94.8 cm³/mol. The molecule has 0 unspecified atom stereocenters. The van der Waals surface area contributed by atoms with E-state index in [4.69, 9.17) is 9.26 Å². The third-order valence-electron chi connectivity index (χ3n) is 4.78. The van der Waals surface area contributed by atoms with Crippen molar-refractivity contribution >= 4 is 11.0 Å².